The molecule has 0 amide bonds. The van der Waals surface area contributed by atoms with Crippen LogP contribution >= 0.6 is 11.8 Å². The molecule has 0 aliphatic rings. The molecular formula is C8H10N6S. The predicted octanol–water partition coefficient (Wildman–Crippen LogP) is 0.261. The molecule has 4 N–H and O–H groups in total. The Morgan fingerprint density at radius 3 is 2.87 bits per heavy atom. The monoisotopic (exact) mass is 222 g/mol. The van der Waals surface area contributed by atoms with Gasteiger partial charge in [-0.2, -0.15) is 0 Å². The molecule has 2 rings (SSSR count). The van der Waals surface area contributed by atoms with Crippen LogP contribution in [0.15, 0.2) is 29.8 Å². The number of nitrogen functional groups attached to an aromatic ring is 2. The second-order valence-electron chi connectivity index (χ2n) is 2.90. The molecule has 2 aromatic heterocycles. The molecule has 78 valence electrons. The van der Waals surface area contributed by atoms with Crippen molar-refractivity contribution in [3.8, 4) is 0 Å². The summed E-state index contributed by atoms with van der Waals surface area (Å²) in [5.41, 5.74) is 6.54. The Hall–Kier alpha value is -1.76. The molecule has 2 heterocycles. The van der Waals surface area contributed by atoms with E-state index in [0.29, 0.717) is 11.0 Å². The van der Waals surface area contributed by atoms with E-state index in [1.165, 1.54) is 22.8 Å². The Labute approximate surface area is 90.7 Å². The Balaban J connectivity index is 1.99. The van der Waals surface area contributed by atoms with Gasteiger partial charge < -0.3 is 11.6 Å². The summed E-state index contributed by atoms with van der Waals surface area (Å²) in [6.07, 6.45) is 3.20. The van der Waals surface area contributed by atoms with Crippen LogP contribution in [-0.2, 0) is 5.75 Å². The standard InChI is InChI=1S/C8H10N6S/c9-7-2-1-6(3-11-7)4-15-8-13-12-5-14(8)10/h1-3,5H,4,10H2,(H2,9,11). The van der Waals surface area contributed by atoms with E-state index in [0.717, 1.165) is 11.3 Å². The van der Waals surface area contributed by atoms with Crippen LogP contribution in [0.25, 0.3) is 0 Å². The fourth-order valence-electron chi connectivity index (χ4n) is 1.00. The SMILES string of the molecule is Nc1ccc(CSc2nncn2N)cn1. The Kier molecular flexibility index (Phi) is 2.72. The smallest absolute Gasteiger partial charge is 0.209 e. The average Bonchev–Trinajstić information content (AvgIpc) is 2.63. The van der Waals surface area contributed by atoms with Crippen LogP contribution in [0.5, 0.6) is 0 Å². The summed E-state index contributed by atoms with van der Waals surface area (Å²) >= 11 is 1.50. The number of anilines is 1. The van der Waals surface area contributed by atoms with E-state index in [2.05, 4.69) is 15.2 Å². The average molecular weight is 222 g/mol. The van der Waals surface area contributed by atoms with Gasteiger partial charge >= 0.3 is 0 Å². The first-order valence-corrected chi connectivity index (χ1v) is 5.22. The van der Waals surface area contributed by atoms with E-state index < -0.39 is 0 Å². The third-order valence-corrected chi connectivity index (χ3v) is 2.78. The first-order valence-electron chi connectivity index (χ1n) is 4.24. The molecule has 0 saturated heterocycles. The fraction of sp³-hybridized carbons (Fsp3) is 0.125. The summed E-state index contributed by atoms with van der Waals surface area (Å²) in [6.45, 7) is 0. The lowest BCUT2D eigenvalue weighted by Gasteiger charge is -2.00. The van der Waals surface area contributed by atoms with Gasteiger partial charge in [0.25, 0.3) is 0 Å². The number of rotatable bonds is 3. The number of nitrogens with zero attached hydrogens (tertiary/aromatic N) is 4. The van der Waals surface area contributed by atoms with Crippen LogP contribution in [0.4, 0.5) is 5.82 Å². The maximum Gasteiger partial charge on any atom is 0.209 e. The predicted molar refractivity (Wildman–Crippen MR) is 58.4 cm³/mol. The molecule has 0 aliphatic carbocycles. The third-order valence-electron chi connectivity index (χ3n) is 1.76. The Morgan fingerprint density at radius 2 is 2.27 bits per heavy atom. The third kappa shape index (κ3) is 2.38. The number of hydrogen-bond acceptors (Lipinski definition) is 6. The van der Waals surface area contributed by atoms with Crippen molar-refractivity contribution in [3.05, 3.63) is 30.2 Å². The van der Waals surface area contributed by atoms with E-state index >= 15 is 0 Å². The van der Waals surface area contributed by atoms with Crippen LogP contribution in [0.1, 0.15) is 5.56 Å². The van der Waals surface area contributed by atoms with Crippen molar-refractivity contribution in [2.45, 2.75) is 10.9 Å². The van der Waals surface area contributed by atoms with Gasteiger partial charge in [-0.05, 0) is 11.6 Å². The lowest BCUT2D eigenvalue weighted by atomic mass is 10.3. The lowest BCUT2D eigenvalue weighted by molar-refractivity contribution is 0.846. The van der Waals surface area contributed by atoms with Crippen molar-refractivity contribution in [2.24, 2.45) is 0 Å². The molecule has 0 unspecified atom stereocenters. The highest BCUT2D eigenvalue weighted by molar-refractivity contribution is 7.98. The molecule has 0 radical (unpaired) electrons. The molecule has 15 heavy (non-hydrogen) atoms. The highest BCUT2D eigenvalue weighted by Gasteiger charge is 2.02. The van der Waals surface area contributed by atoms with Gasteiger partial charge in [-0.3, -0.25) is 0 Å². The van der Waals surface area contributed by atoms with E-state index in [4.69, 9.17) is 11.6 Å². The lowest BCUT2D eigenvalue weighted by Crippen LogP contribution is -2.07. The van der Waals surface area contributed by atoms with Gasteiger partial charge in [-0.15, -0.1) is 10.2 Å². The molecule has 2 aromatic rings. The Morgan fingerprint density at radius 1 is 1.40 bits per heavy atom. The quantitative estimate of drug-likeness (QED) is 0.571. The molecule has 0 bridgehead atoms. The zero-order valence-corrected chi connectivity index (χ0v) is 8.68. The second kappa shape index (κ2) is 4.18. The minimum Gasteiger partial charge on any atom is -0.384 e. The van der Waals surface area contributed by atoms with Crippen LogP contribution < -0.4 is 11.6 Å². The molecule has 0 atom stereocenters. The second-order valence-corrected chi connectivity index (χ2v) is 3.84. The highest BCUT2D eigenvalue weighted by atomic mass is 32.2. The maximum absolute atomic E-state index is 5.56. The van der Waals surface area contributed by atoms with E-state index in [1.807, 2.05) is 6.07 Å². The van der Waals surface area contributed by atoms with Crippen LogP contribution in [0.2, 0.25) is 0 Å². The van der Waals surface area contributed by atoms with Gasteiger partial charge in [-0.25, -0.2) is 9.66 Å². The molecule has 7 heteroatoms. The van der Waals surface area contributed by atoms with Gasteiger partial charge in [0.1, 0.15) is 12.1 Å². The van der Waals surface area contributed by atoms with Gasteiger partial charge in [-0.1, -0.05) is 17.8 Å². The molecule has 0 aromatic carbocycles. The van der Waals surface area contributed by atoms with Crippen molar-refractivity contribution >= 4 is 17.6 Å². The summed E-state index contributed by atoms with van der Waals surface area (Å²) in [6, 6.07) is 3.69. The first-order chi connectivity index (χ1) is 7.25. The number of aromatic nitrogens is 4. The molecule has 6 nitrogen and oxygen atoms in total. The fourth-order valence-corrected chi connectivity index (χ4v) is 1.77. The number of hydrogen-bond donors (Lipinski definition) is 2. The number of nitrogens with two attached hydrogens (primary N) is 2. The van der Waals surface area contributed by atoms with E-state index in [-0.39, 0.29) is 0 Å². The molecule has 0 fully saturated rings. The van der Waals surface area contributed by atoms with Crippen molar-refractivity contribution in [2.75, 3.05) is 11.6 Å². The van der Waals surface area contributed by atoms with Crippen LogP contribution in [0, 0.1) is 0 Å². The van der Waals surface area contributed by atoms with E-state index in [1.54, 1.807) is 12.3 Å². The van der Waals surface area contributed by atoms with Gasteiger partial charge in [0.15, 0.2) is 0 Å². The first kappa shape index (κ1) is 9.78. The van der Waals surface area contributed by atoms with Crippen molar-refractivity contribution in [1.82, 2.24) is 19.9 Å². The zero-order chi connectivity index (χ0) is 10.7. The Bertz CT molecular complexity index is 437. The van der Waals surface area contributed by atoms with Gasteiger partial charge in [0.05, 0.1) is 0 Å². The summed E-state index contributed by atoms with van der Waals surface area (Å²) in [7, 11) is 0. The number of thioether (sulfide) groups is 1. The molecule has 0 spiro atoms. The minimum atomic E-state index is 0.519. The van der Waals surface area contributed by atoms with Crippen LogP contribution in [-0.4, -0.2) is 19.9 Å². The largest absolute Gasteiger partial charge is 0.384 e. The van der Waals surface area contributed by atoms with Crippen molar-refractivity contribution < 1.29 is 0 Å². The zero-order valence-electron chi connectivity index (χ0n) is 7.87. The summed E-state index contributed by atoms with van der Waals surface area (Å²) in [5, 5.41) is 8.21. The van der Waals surface area contributed by atoms with Crippen molar-refractivity contribution in [1.29, 1.82) is 0 Å². The number of pyridine rings is 1. The molecular weight excluding hydrogens is 212 g/mol. The summed E-state index contributed by atoms with van der Waals surface area (Å²) in [5.74, 6) is 6.82. The molecule has 0 saturated carbocycles. The van der Waals surface area contributed by atoms with Crippen LogP contribution in [0.3, 0.4) is 0 Å². The normalized spacial score (nSPS) is 10.4. The highest BCUT2D eigenvalue weighted by Crippen LogP contribution is 2.18. The minimum absolute atomic E-state index is 0.519. The van der Waals surface area contributed by atoms with Gasteiger partial charge in [0.2, 0.25) is 5.16 Å². The topological polar surface area (TPSA) is 95.6 Å². The van der Waals surface area contributed by atoms with Gasteiger partial charge in [0, 0.05) is 11.9 Å². The van der Waals surface area contributed by atoms with E-state index in [9.17, 15) is 0 Å². The summed E-state index contributed by atoms with van der Waals surface area (Å²) in [4.78, 5) is 3.99. The van der Waals surface area contributed by atoms with Crippen molar-refractivity contribution in [3.63, 3.8) is 0 Å². The maximum atomic E-state index is 5.56. The molecule has 0 aliphatic heterocycles. The summed E-state index contributed by atoms with van der Waals surface area (Å²) < 4.78 is 1.38.